The lowest BCUT2D eigenvalue weighted by Crippen LogP contribution is -2.40. The molecule has 3 N–H and O–H groups in total. The number of pyridine rings is 1. The maximum Gasteiger partial charge on any atom is 0.253 e. The highest BCUT2D eigenvalue weighted by Gasteiger charge is 2.35. The molecule has 4 rings (SSSR count). The topological polar surface area (TPSA) is 71.2 Å². The molecule has 1 saturated heterocycles. The second-order valence-electron chi connectivity index (χ2n) is 8.64. The molecule has 7 heteroatoms. The molecule has 0 unspecified atom stereocenters. The van der Waals surface area contributed by atoms with Crippen LogP contribution in [0.25, 0.3) is 11.3 Å². The number of carbonyl (C=O) groups excluding carboxylic acids is 1. The van der Waals surface area contributed by atoms with E-state index in [-0.39, 0.29) is 11.9 Å². The summed E-state index contributed by atoms with van der Waals surface area (Å²) >= 11 is 0. The van der Waals surface area contributed by atoms with Crippen LogP contribution in [-0.2, 0) is 0 Å². The number of halogens is 2. The van der Waals surface area contributed by atoms with Crippen molar-refractivity contribution in [3.05, 3.63) is 47.7 Å². The summed E-state index contributed by atoms with van der Waals surface area (Å²) in [5.41, 5.74) is 7.61. The average Bonchev–Trinajstić information content (AvgIpc) is 3.43. The van der Waals surface area contributed by atoms with E-state index in [9.17, 15) is 13.6 Å². The Morgan fingerprint density at radius 1 is 1.31 bits per heavy atom. The van der Waals surface area contributed by atoms with Gasteiger partial charge in [0.05, 0.1) is 16.9 Å². The zero-order valence-electron chi connectivity index (χ0n) is 16.7. The third-order valence-corrected chi connectivity index (χ3v) is 5.81. The van der Waals surface area contributed by atoms with Gasteiger partial charge < -0.3 is 16.0 Å². The summed E-state index contributed by atoms with van der Waals surface area (Å²) in [6.45, 7) is 5.13. The maximum absolute atomic E-state index is 13.9. The zero-order chi connectivity index (χ0) is 20.8. The number of amides is 1. The van der Waals surface area contributed by atoms with Crippen molar-refractivity contribution < 1.29 is 13.6 Å². The number of nitrogens with two attached hydrogens (primary N) is 1. The lowest BCUT2D eigenvalue weighted by atomic mass is 10.0. The third-order valence-electron chi connectivity index (χ3n) is 5.81. The number of anilines is 1. The molecule has 1 aliphatic carbocycles. The van der Waals surface area contributed by atoms with Crippen LogP contribution in [0.2, 0.25) is 0 Å². The molecule has 0 radical (unpaired) electrons. The first-order chi connectivity index (χ1) is 13.7. The second-order valence-corrected chi connectivity index (χ2v) is 8.64. The van der Waals surface area contributed by atoms with Gasteiger partial charge in [0.15, 0.2) is 0 Å². The molecule has 1 aromatic carbocycles. The standard InChI is InChI=1S/C22H26F2N4O/c1-13(14-3-4-14)27-21(29)18-5-7-26-19(15-9-16(23)11-17(24)10-15)20(18)28-8-6-22(2,25)12-28/h5,7,9-11,13-14H,3-4,6,8,12,25H2,1-2H3,(H,27,29)/t13-,22-/m0/s1. The van der Waals surface area contributed by atoms with E-state index < -0.39 is 17.2 Å². The fraction of sp³-hybridized carbons (Fsp3) is 0.455. The zero-order valence-corrected chi connectivity index (χ0v) is 16.7. The van der Waals surface area contributed by atoms with Gasteiger partial charge in [0.25, 0.3) is 5.91 Å². The van der Waals surface area contributed by atoms with Gasteiger partial charge in [0, 0.05) is 42.5 Å². The molecular formula is C22H26F2N4O. The molecule has 29 heavy (non-hydrogen) atoms. The van der Waals surface area contributed by atoms with Crippen molar-refractivity contribution in [1.29, 1.82) is 0 Å². The normalized spacial score (nSPS) is 22.6. The number of benzene rings is 1. The summed E-state index contributed by atoms with van der Waals surface area (Å²) in [7, 11) is 0. The number of nitrogens with zero attached hydrogens (tertiary/aromatic N) is 2. The van der Waals surface area contributed by atoms with E-state index in [1.165, 1.54) is 18.3 Å². The molecule has 1 saturated carbocycles. The predicted molar refractivity (Wildman–Crippen MR) is 109 cm³/mol. The summed E-state index contributed by atoms with van der Waals surface area (Å²) in [5.74, 6) is -1.06. The van der Waals surface area contributed by atoms with Crippen LogP contribution < -0.4 is 16.0 Å². The van der Waals surface area contributed by atoms with Crippen LogP contribution in [-0.4, -0.2) is 35.6 Å². The minimum absolute atomic E-state index is 0.0805. The Kier molecular flexibility index (Phi) is 5.02. The Labute approximate surface area is 169 Å². The molecule has 1 aromatic heterocycles. The SMILES string of the molecule is C[C@H](NC(=O)c1ccnc(-c2cc(F)cc(F)c2)c1N1CC[C@](C)(N)C1)C1CC1. The van der Waals surface area contributed by atoms with Gasteiger partial charge in [-0.3, -0.25) is 9.78 Å². The van der Waals surface area contributed by atoms with Gasteiger partial charge in [-0.05, 0) is 57.2 Å². The van der Waals surface area contributed by atoms with Crippen LogP contribution in [0, 0.1) is 17.6 Å². The lowest BCUT2D eigenvalue weighted by molar-refractivity contribution is 0.0936. The first kappa shape index (κ1) is 19.8. The number of hydrogen-bond acceptors (Lipinski definition) is 4. The van der Waals surface area contributed by atoms with Gasteiger partial charge in [-0.2, -0.15) is 0 Å². The van der Waals surface area contributed by atoms with E-state index in [1.807, 2.05) is 18.7 Å². The van der Waals surface area contributed by atoms with Crippen LogP contribution >= 0.6 is 0 Å². The Bertz CT molecular complexity index is 922. The summed E-state index contributed by atoms with van der Waals surface area (Å²) in [4.78, 5) is 19.5. The van der Waals surface area contributed by atoms with E-state index in [2.05, 4.69) is 10.3 Å². The van der Waals surface area contributed by atoms with Crippen LogP contribution in [0.15, 0.2) is 30.5 Å². The van der Waals surface area contributed by atoms with Gasteiger partial charge in [0.1, 0.15) is 11.6 Å². The van der Waals surface area contributed by atoms with Crippen molar-refractivity contribution in [3.8, 4) is 11.3 Å². The number of aromatic nitrogens is 1. The molecule has 2 fully saturated rings. The molecule has 154 valence electrons. The van der Waals surface area contributed by atoms with Crippen molar-refractivity contribution >= 4 is 11.6 Å². The highest BCUT2D eigenvalue weighted by atomic mass is 19.1. The van der Waals surface area contributed by atoms with E-state index in [0.29, 0.717) is 41.5 Å². The van der Waals surface area contributed by atoms with E-state index in [0.717, 1.165) is 25.3 Å². The summed E-state index contributed by atoms with van der Waals surface area (Å²) in [6.07, 6.45) is 4.50. The Balaban J connectivity index is 1.79. The van der Waals surface area contributed by atoms with Gasteiger partial charge >= 0.3 is 0 Å². The van der Waals surface area contributed by atoms with Crippen molar-refractivity contribution in [1.82, 2.24) is 10.3 Å². The van der Waals surface area contributed by atoms with Gasteiger partial charge in [0.2, 0.25) is 0 Å². The lowest BCUT2D eigenvalue weighted by Gasteiger charge is -2.26. The molecule has 2 aliphatic rings. The van der Waals surface area contributed by atoms with Crippen molar-refractivity contribution in [3.63, 3.8) is 0 Å². The monoisotopic (exact) mass is 400 g/mol. The van der Waals surface area contributed by atoms with Crippen LogP contribution in [0.3, 0.4) is 0 Å². The van der Waals surface area contributed by atoms with Gasteiger partial charge in [-0.15, -0.1) is 0 Å². The molecule has 0 bridgehead atoms. The first-order valence-electron chi connectivity index (χ1n) is 10.0. The summed E-state index contributed by atoms with van der Waals surface area (Å²) in [5, 5.41) is 3.07. The highest BCUT2D eigenvalue weighted by molar-refractivity contribution is 6.03. The molecular weight excluding hydrogens is 374 g/mol. The Hall–Kier alpha value is -2.54. The second kappa shape index (κ2) is 7.37. The minimum atomic E-state index is -0.685. The number of rotatable bonds is 5. The van der Waals surface area contributed by atoms with Crippen LogP contribution in [0.4, 0.5) is 14.5 Å². The number of carbonyl (C=O) groups is 1. The third kappa shape index (κ3) is 4.24. The van der Waals surface area contributed by atoms with E-state index >= 15 is 0 Å². The minimum Gasteiger partial charge on any atom is -0.367 e. The quantitative estimate of drug-likeness (QED) is 0.806. The summed E-state index contributed by atoms with van der Waals surface area (Å²) in [6, 6.07) is 5.04. The summed E-state index contributed by atoms with van der Waals surface area (Å²) < 4.78 is 27.8. The molecule has 2 heterocycles. The highest BCUT2D eigenvalue weighted by Crippen LogP contribution is 2.37. The average molecular weight is 400 g/mol. The molecule has 2 atom stereocenters. The van der Waals surface area contributed by atoms with Crippen LogP contribution in [0.5, 0.6) is 0 Å². The van der Waals surface area contributed by atoms with E-state index in [4.69, 9.17) is 5.73 Å². The van der Waals surface area contributed by atoms with Crippen molar-refractivity contribution in [2.75, 3.05) is 18.0 Å². The number of nitrogens with one attached hydrogen (secondary N) is 1. The molecule has 0 spiro atoms. The fourth-order valence-corrected chi connectivity index (χ4v) is 4.03. The first-order valence-corrected chi connectivity index (χ1v) is 10.0. The smallest absolute Gasteiger partial charge is 0.253 e. The largest absolute Gasteiger partial charge is 0.367 e. The molecule has 1 aliphatic heterocycles. The van der Waals surface area contributed by atoms with E-state index in [1.54, 1.807) is 6.07 Å². The molecule has 2 aromatic rings. The fourth-order valence-electron chi connectivity index (χ4n) is 4.03. The Morgan fingerprint density at radius 2 is 2.00 bits per heavy atom. The molecule has 5 nitrogen and oxygen atoms in total. The van der Waals surface area contributed by atoms with Crippen molar-refractivity contribution in [2.45, 2.75) is 44.7 Å². The van der Waals surface area contributed by atoms with Crippen molar-refractivity contribution in [2.24, 2.45) is 11.7 Å². The van der Waals surface area contributed by atoms with Crippen LogP contribution in [0.1, 0.15) is 43.5 Å². The maximum atomic E-state index is 13.9. The molecule has 1 amide bonds. The number of hydrogen-bond donors (Lipinski definition) is 2. The Morgan fingerprint density at radius 3 is 2.59 bits per heavy atom. The van der Waals surface area contributed by atoms with Gasteiger partial charge in [-0.1, -0.05) is 0 Å². The van der Waals surface area contributed by atoms with Gasteiger partial charge in [-0.25, -0.2) is 8.78 Å². The predicted octanol–water partition coefficient (Wildman–Crippen LogP) is 3.48.